The zero-order valence-corrected chi connectivity index (χ0v) is 11.4. The Balaban J connectivity index is 2.06. The van der Waals surface area contributed by atoms with Gasteiger partial charge in [0.2, 0.25) is 0 Å². The average molecular weight is 313 g/mol. The number of carbonyl (C=O) groups is 1. The van der Waals surface area contributed by atoms with E-state index in [1.165, 1.54) is 36.4 Å². The van der Waals surface area contributed by atoms with E-state index in [9.17, 15) is 18.0 Å². The molecule has 2 aromatic rings. The molecular weight excluding hydrogens is 303 g/mol. The van der Waals surface area contributed by atoms with E-state index >= 15 is 0 Å². The van der Waals surface area contributed by atoms with Gasteiger partial charge in [0.1, 0.15) is 11.6 Å². The van der Waals surface area contributed by atoms with Gasteiger partial charge in [0.25, 0.3) is 5.91 Å². The number of thiol groups is 1. The van der Waals surface area contributed by atoms with E-state index < -0.39 is 18.3 Å². The van der Waals surface area contributed by atoms with Crippen molar-refractivity contribution < 1.29 is 22.7 Å². The molecule has 110 valence electrons. The third-order valence-corrected chi connectivity index (χ3v) is 2.89. The number of benzene rings is 2. The lowest BCUT2D eigenvalue weighted by molar-refractivity contribution is -0.0498. The van der Waals surface area contributed by atoms with Gasteiger partial charge in [-0.25, -0.2) is 4.39 Å². The lowest BCUT2D eigenvalue weighted by Crippen LogP contribution is -2.12. The van der Waals surface area contributed by atoms with Gasteiger partial charge in [-0.15, -0.1) is 12.6 Å². The van der Waals surface area contributed by atoms with Gasteiger partial charge in [-0.1, -0.05) is 0 Å². The Hall–Kier alpha value is -2.15. The van der Waals surface area contributed by atoms with Gasteiger partial charge in [0.05, 0.1) is 0 Å². The summed E-state index contributed by atoms with van der Waals surface area (Å²) in [5.41, 5.74) is 0.626. The summed E-state index contributed by atoms with van der Waals surface area (Å²) < 4.78 is 41.2. The van der Waals surface area contributed by atoms with Crippen LogP contribution in [0.2, 0.25) is 0 Å². The van der Waals surface area contributed by atoms with Crippen molar-refractivity contribution in [1.29, 1.82) is 0 Å². The van der Waals surface area contributed by atoms with E-state index in [0.29, 0.717) is 5.69 Å². The van der Waals surface area contributed by atoms with E-state index in [-0.39, 0.29) is 16.2 Å². The Bertz CT molecular complexity index is 647. The highest BCUT2D eigenvalue weighted by atomic mass is 32.1. The molecule has 0 heterocycles. The summed E-state index contributed by atoms with van der Waals surface area (Å²) >= 11 is 3.89. The molecule has 1 N–H and O–H groups in total. The van der Waals surface area contributed by atoms with Crippen LogP contribution >= 0.6 is 12.6 Å². The van der Waals surface area contributed by atoms with Crippen LogP contribution in [0.5, 0.6) is 5.75 Å². The molecule has 2 rings (SSSR count). The number of halogens is 3. The number of carbonyl (C=O) groups excluding carboxylic acids is 1. The zero-order chi connectivity index (χ0) is 15.4. The smallest absolute Gasteiger partial charge is 0.387 e. The fourth-order valence-corrected chi connectivity index (χ4v) is 1.79. The molecule has 0 bridgehead atoms. The molecule has 21 heavy (non-hydrogen) atoms. The molecule has 1 amide bonds. The molecule has 0 radical (unpaired) electrons. The highest BCUT2D eigenvalue weighted by Gasteiger charge is 2.09. The number of anilines is 1. The highest BCUT2D eigenvalue weighted by molar-refractivity contribution is 7.80. The normalized spacial score (nSPS) is 10.5. The molecule has 0 aliphatic rings. The van der Waals surface area contributed by atoms with Crippen LogP contribution in [0, 0.1) is 5.82 Å². The van der Waals surface area contributed by atoms with Gasteiger partial charge < -0.3 is 10.1 Å². The first kappa shape index (κ1) is 15.2. The summed E-state index contributed by atoms with van der Waals surface area (Å²) in [5.74, 6) is -1.00. The van der Waals surface area contributed by atoms with Crippen molar-refractivity contribution in [3.8, 4) is 5.75 Å². The molecule has 0 fully saturated rings. The molecule has 3 nitrogen and oxygen atoms in total. The SMILES string of the molecule is O=C(Nc1ccc(OC(F)F)cc1)c1ccc(F)c(S)c1. The van der Waals surface area contributed by atoms with Crippen LogP contribution in [-0.2, 0) is 0 Å². The number of alkyl halides is 2. The Morgan fingerprint density at radius 2 is 1.81 bits per heavy atom. The van der Waals surface area contributed by atoms with Crippen molar-refractivity contribution in [1.82, 2.24) is 0 Å². The topological polar surface area (TPSA) is 38.3 Å². The Morgan fingerprint density at radius 3 is 2.38 bits per heavy atom. The third kappa shape index (κ3) is 4.16. The van der Waals surface area contributed by atoms with Crippen molar-refractivity contribution in [2.75, 3.05) is 5.32 Å². The predicted molar refractivity (Wildman–Crippen MR) is 74.7 cm³/mol. The fraction of sp³-hybridized carbons (Fsp3) is 0.0714. The van der Waals surface area contributed by atoms with E-state index in [0.717, 1.165) is 6.07 Å². The number of nitrogens with one attached hydrogen (secondary N) is 1. The summed E-state index contributed by atoms with van der Waals surface area (Å²) in [6, 6.07) is 9.19. The minimum absolute atomic E-state index is 0.0116. The number of ether oxygens (including phenoxy) is 1. The molecule has 0 aliphatic carbocycles. The summed E-state index contributed by atoms with van der Waals surface area (Å²) in [6.07, 6.45) is 0. The van der Waals surface area contributed by atoms with Crippen LogP contribution in [-0.4, -0.2) is 12.5 Å². The van der Waals surface area contributed by atoms with Crippen LogP contribution in [0.3, 0.4) is 0 Å². The Morgan fingerprint density at radius 1 is 1.14 bits per heavy atom. The molecule has 0 aromatic heterocycles. The lowest BCUT2D eigenvalue weighted by Gasteiger charge is -2.08. The van der Waals surface area contributed by atoms with Crippen LogP contribution in [0.1, 0.15) is 10.4 Å². The van der Waals surface area contributed by atoms with Crippen LogP contribution < -0.4 is 10.1 Å². The van der Waals surface area contributed by atoms with Gasteiger partial charge in [-0.2, -0.15) is 8.78 Å². The summed E-state index contributed by atoms with van der Waals surface area (Å²) in [4.78, 5) is 12.0. The maximum absolute atomic E-state index is 13.1. The quantitative estimate of drug-likeness (QED) is 0.838. The summed E-state index contributed by atoms with van der Waals surface area (Å²) in [5, 5.41) is 2.55. The van der Waals surface area contributed by atoms with Gasteiger partial charge in [0, 0.05) is 16.1 Å². The predicted octanol–water partition coefficient (Wildman–Crippen LogP) is 3.97. The second-order valence-electron chi connectivity index (χ2n) is 4.02. The van der Waals surface area contributed by atoms with E-state index in [4.69, 9.17) is 0 Å². The fourth-order valence-electron chi connectivity index (χ4n) is 1.58. The number of amides is 1. The minimum Gasteiger partial charge on any atom is -0.435 e. The average Bonchev–Trinajstić information content (AvgIpc) is 2.43. The maximum Gasteiger partial charge on any atom is 0.387 e. The van der Waals surface area contributed by atoms with E-state index in [2.05, 4.69) is 22.7 Å². The number of hydrogen-bond donors (Lipinski definition) is 2. The second-order valence-corrected chi connectivity index (χ2v) is 4.51. The molecule has 0 aliphatic heterocycles. The molecule has 7 heteroatoms. The third-order valence-electron chi connectivity index (χ3n) is 2.55. The van der Waals surface area contributed by atoms with Crippen molar-refractivity contribution >= 4 is 24.2 Å². The van der Waals surface area contributed by atoms with Gasteiger partial charge in [-0.3, -0.25) is 4.79 Å². The maximum atomic E-state index is 13.1. The first-order chi connectivity index (χ1) is 9.95. The molecule has 0 saturated carbocycles. The minimum atomic E-state index is -2.90. The van der Waals surface area contributed by atoms with Crippen molar-refractivity contribution in [2.24, 2.45) is 0 Å². The molecule has 0 atom stereocenters. The van der Waals surface area contributed by atoms with E-state index in [1.807, 2.05) is 0 Å². The lowest BCUT2D eigenvalue weighted by atomic mass is 10.2. The monoisotopic (exact) mass is 313 g/mol. The van der Waals surface area contributed by atoms with Crippen LogP contribution in [0.4, 0.5) is 18.9 Å². The van der Waals surface area contributed by atoms with Crippen molar-refractivity contribution in [3.63, 3.8) is 0 Å². The van der Waals surface area contributed by atoms with Crippen molar-refractivity contribution in [2.45, 2.75) is 11.5 Å². The van der Waals surface area contributed by atoms with Gasteiger partial charge in [-0.05, 0) is 42.5 Å². The molecular formula is C14H10F3NO2S. The molecule has 2 aromatic carbocycles. The first-order valence-electron chi connectivity index (χ1n) is 5.80. The first-order valence-corrected chi connectivity index (χ1v) is 6.25. The second kappa shape index (κ2) is 6.53. The Labute approximate surface area is 124 Å². The van der Waals surface area contributed by atoms with Crippen LogP contribution in [0.15, 0.2) is 47.4 Å². The highest BCUT2D eigenvalue weighted by Crippen LogP contribution is 2.19. The summed E-state index contributed by atoms with van der Waals surface area (Å²) in [6.45, 7) is -2.90. The standard InChI is InChI=1S/C14H10F3NO2S/c15-11-6-1-8(7-12(11)21)13(19)18-9-2-4-10(5-3-9)20-14(16)17/h1-7,14,21H,(H,18,19). The molecule has 0 unspecified atom stereocenters. The van der Waals surface area contributed by atoms with Gasteiger partial charge in [0.15, 0.2) is 0 Å². The molecule has 0 saturated heterocycles. The summed E-state index contributed by atoms with van der Waals surface area (Å²) in [7, 11) is 0. The van der Waals surface area contributed by atoms with Gasteiger partial charge >= 0.3 is 6.61 Å². The van der Waals surface area contributed by atoms with Crippen molar-refractivity contribution in [3.05, 3.63) is 53.8 Å². The zero-order valence-electron chi connectivity index (χ0n) is 10.5. The molecule has 0 spiro atoms. The Kier molecular flexibility index (Phi) is 4.74. The largest absolute Gasteiger partial charge is 0.435 e. The number of rotatable bonds is 4. The van der Waals surface area contributed by atoms with E-state index in [1.54, 1.807) is 0 Å². The number of hydrogen-bond acceptors (Lipinski definition) is 3. The van der Waals surface area contributed by atoms with Crippen LogP contribution in [0.25, 0.3) is 0 Å².